The minimum Gasteiger partial charge on any atom is -0.331 e. The van der Waals surface area contributed by atoms with Crippen LogP contribution < -0.4 is 0 Å². The maximum atomic E-state index is 13.1. The number of piperidine rings is 1. The first kappa shape index (κ1) is 20.1. The van der Waals surface area contributed by atoms with Crippen LogP contribution in [0.15, 0.2) is 65.8 Å². The van der Waals surface area contributed by atoms with E-state index >= 15 is 0 Å². The molecule has 1 aliphatic rings. The van der Waals surface area contributed by atoms with Gasteiger partial charge in [-0.1, -0.05) is 48.0 Å². The lowest BCUT2D eigenvalue weighted by atomic mass is 9.98. The van der Waals surface area contributed by atoms with E-state index in [1.54, 1.807) is 29.4 Å². The number of rotatable bonds is 5. The zero-order chi connectivity index (χ0) is 20.4. The number of sulfonamides is 1. The molecule has 0 N–H and O–H groups in total. The van der Waals surface area contributed by atoms with Gasteiger partial charge < -0.3 is 4.57 Å². The van der Waals surface area contributed by atoms with E-state index in [-0.39, 0.29) is 0 Å². The van der Waals surface area contributed by atoms with Gasteiger partial charge in [-0.05, 0) is 43.4 Å². The molecule has 152 valence electrons. The Balaban J connectivity index is 1.44. The highest BCUT2D eigenvalue weighted by Crippen LogP contribution is 2.29. The molecule has 0 radical (unpaired) electrons. The number of aryl methyl sites for hydroxylation is 1. The Morgan fingerprint density at radius 3 is 2.55 bits per heavy atom. The van der Waals surface area contributed by atoms with Crippen molar-refractivity contribution in [1.82, 2.24) is 13.9 Å². The Morgan fingerprint density at radius 1 is 1.10 bits per heavy atom. The summed E-state index contributed by atoms with van der Waals surface area (Å²) in [6.07, 6.45) is 5.47. The Bertz CT molecular complexity index is 1090. The van der Waals surface area contributed by atoms with E-state index < -0.39 is 10.0 Å². The minimum absolute atomic E-state index is 0.310. The monoisotopic (exact) mass is 429 g/mol. The van der Waals surface area contributed by atoms with E-state index in [1.165, 1.54) is 0 Å². The van der Waals surface area contributed by atoms with Crippen molar-refractivity contribution in [2.24, 2.45) is 5.92 Å². The van der Waals surface area contributed by atoms with E-state index in [9.17, 15) is 8.42 Å². The zero-order valence-corrected chi connectivity index (χ0v) is 17.9. The Kier molecular flexibility index (Phi) is 5.76. The molecule has 1 fully saturated rings. The van der Waals surface area contributed by atoms with E-state index in [0.717, 1.165) is 36.3 Å². The lowest BCUT2D eigenvalue weighted by Gasteiger charge is -2.32. The lowest BCUT2D eigenvalue weighted by molar-refractivity contribution is 0.253. The van der Waals surface area contributed by atoms with E-state index in [4.69, 9.17) is 11.6 Å². The van der Waals surface area contributed by atoms with Gasteiger partial charge in [-0.2, -0.15) is 4.31 Å². The second kappa shape index (κ2) is 8.30. The topological polar surface area (TPSA) is 55.2 Å². The summed E-state index contributed by atoms with van der Waals surface area (Å²) in [4.78, 5) is 4.82. The maximum absolute atomic E-state index is 13.1. The van der Waals surface area contributed by atoms with Gasteiger partial charge in [0.15, 0.2) is 0 Å². The smallest absolute Gasteiger partial charge is 0.243 e. The van der Waals surface area contributed by atoms with Crippen molar-refractivity contribution < 1.29 is 8.42 Å². The van der Waals surface area contributed by atoms with Gasteiger partial charge in [0, 0.05) is 42.6 Å². The van der Waals surface area contributed by atoms with Gasteiger partial charge >= 0.3 is 0 Å². The van der Waals surface area contributed by atoms with Crippen LogP contribution in [0, 0.1) is 12.8 Å². The second-order valence-corrected chi connectivity index (χ2v) is 9.87. The molecule has 0 saturated carbocycles. The Labute approximate surface area is 177 Å². The first-order chi connectivity index (χ1) is 13.9. The van der Waals surface area contributed by atoms with Crippen LogP contribution in [0.5, 0.6) is 0 Å². The highest BCUT2D eigenvalue weighted by atomic mass is 35.5. The number of nitrogens with zero attached hydrogens (tertiary/aromatic N) is 3. The van der Waals surface area contributed by atoms with Crippen molar-refractivity contribution in [2.45, 2.75) is 31.2 Å². The standard InChI is InChI=1S/C22H24ClN3O2S/c1-17-7-8-20(23)15-21(17)29(27,28)26-12-9-18(10-13-26)16-25-14-11-24-22(25)19-5-3-2-4-6-19/h2-8,11,14-15,18H,9-10,12-13,16H2,1H3. The van der Waals surface area contributed by atoms with E-state index in [2.05, 4.69) is 21.7 Å². The number of halogens is 1. The maximum Gasteiger partial charge on any atom is 0.243 e. The lowest BCUT2D eigenvalue weighted by Crippen LogP contribution is -2.39. The normalized spacial score (nSPS) is 16.2. The molecule has 0 spiro atoms. The van der Waals surface area contributed by atoms with Crippen molar-refractivity contribution in [3.8, 4) is 11.4 Å². The predicted octanol–water partition coefficient (Wildman–Crippen LogP) is 4.61. The third-order valence-corrected chi connectivity index (χ3v) is 7.82. The Hall–Kier alpha value is -2.15. The van der Waals surface area contributed by atoms with Crippen molar-refractivity contribution in [1.29, 1.82) is 0 Å². The fourth-order valence-electron chi connectivity index (χ4n) is 3.91. The third kappa shape index (κ3) is 4.25. The molecule has 1 aromatic heterocycles. The summed E-state index contributed by atoms with van der Waals surface area (Å²) < 4.78 is 29.9. The fraction of sp³-hybridized carbons (Fsp3) is 0.318. The molecule has 7 heteroatoms. The number of aromatic nitrogens is 2. The molecule has 1 aliphatic heterocycles. The van der Waals surface area contributed by atoms with Crippen LogP contribution in [0.4, 0.5) is 0 Å². The molecule has 29 heavy (non-hydrogen) atoms. The molecule has 3 aromatic rings. The van der Waals surface area contributed by atoms with Crippen LogP contribution >= 0.6 is 11.6 Å². The van der Waals surface area contributed by atoms with Gasteiger partial charge in [0.25, 0.3) is 0 Å². The number of imidazole rings is 1. The van der Waals surface area contributed by atoms with E-state index in [1.807, 2.05) is 30.6 Å². The molecule has 5 nitrogen and oxygen atoms in total. The van der Waals surface area contributed by atoms with Crippen molar-refractivity contribution in [3.05, 3.63) is 71.5 Å². The predicted molar refractivity (Wildman–Crippen MR) is 115 cm³/mol. The molecule has 2 aromatic carbocycles. The van der Waals surface area contributed by atoms with Gasteiger partial charge in [-0.15, -0.1) is 0 Å². The van der Waals surface area contributed by atoms with Crippen LogP contribution in [0.2, 0.25) is 5.02 Å². The summed E-state index contributed by atoms with van der Waals surface area (Å²) in [7, 11) is -3.52. The summed E-state index contributed by atoms with van der Waals surface area (Å²) in [5.41, 5.74) is 1.82. The number of benzene rings is 2. The molecule has 1 saturated heterocycles. The molecular formula is C22H24ClN3O2S. The summed E-state index contributed by atoms with van der Waals surface area (Å²) in [5.74, 6) is 1.37. The third-order valence-electron chi connectivity index (χ3n) is 5.54. The average molecular weight is 430 g/mol. The zero-order valence-electron chi connectivity index (χ0n) is 16.3. The van der Waals surface area contributed by atoms with Crippen molar-refractivity contribution in [3.63, 3.8) is 0 Å². The summed E-state index contributed by atoms with van der Waals surface area (Å²) in [5, 5.41) is 0.442. The van der Waals surface area contributed by atoms with Gasteiger partial charge in [0.05, 0.1) is 4.90 Å². The van der Waals surface area contributed by atoms with Crippen LogP contribution in [0.1, 0.15) is 18.4 Å². The van der Waals surface area contributed by atoms with Gasteiger partial charge in [0.2, 0.25) is 10.0 Å². The van der Waals surface area contributed by atoms with Crippen LogP contribution in [0.25, 0.3) is 11.4 Å². The fourth-order valence-corrected chi connectivity index (χ4v) is 5.86. The van der Waals surface area contributed by atoms with Gasteiger partial charge in [0.1, 0.15) is 5.82 Å². The summed E-state index contributed by atoms with van der Waals surface area (Å²) >= 11 is 6.04. The van der Waals surface area contributed by atoms with Crippen molar-refractivity contribution in [2.75, 3.05) is 13.1 Å². The van der Waals surface area contributed by atoms with Gasteiger partial charge in [-0.25, -0.2) is 13.4 Å². The second-order valence-electron chi connectivity index (χ2n) is 7.53. The van der Waals surface area contributed by atoms with E-state index in [0.29, 0.717) is 28.9 Å². The Morgan fingerprint density at radius 2 is 1.83 bits per heavy atom. The molecular weight excluding hydrogens is 406 g/mol. The number of hydrogen-bond donors (Lipinski definition) is 0. The average Bonchev–Trinajstić information content (AvgIpc) is 3.19. The number of hydrogen-bond acceptors (Lipinski definition) is 3. The van der Waals surface area contributed by atoms with Gasteiger partial charge in [-0.3, -0.25) is 0 Å². The molecule has 4 rings (SSSR count). The quantitative estimate of drug-likeness (QED) is 0.595. The largest absolute Gasteiger partial charge is 0.331 e. The highest BCUT2D eigenvalue weighted by Gasteiger charge is 2.30. The molecule has 0 amide bonds. The minimum atomic E-state index is -3.52. The summed E-state index contributed by atoms with van der Waals surface area (Å²) in [6, 6.07) is 15.2. The molecule has 0 aliphatic carbocycles. The van der Waals surface area contributed by atoms with Crippen LogP contribution in [-0.2, 0) is 16.6 Å². The van der Waals surface area contributed by atoms with Crippen LogP contribution in [0.3, 0.4) is 0 Å². The van der Waals surface area contributed by atoms with Crippen molar-refractivity contribution >= 4 is 21.6 Å². The summed E-state index contributed by atoms with van der Waals surface area (Å²) in [6.45, 7) is 3.69. The first-order valence-electron chi connectivity index (χ1n) is 9.78. The highest BCUT2D eigenvalue weighted by molar-refractivity contribution is 7.89. The molecule has 0 atom stereocenters. The molecule has 0 bridgehead atoms. The van der Waals surface area contributed by atoms with Crippen LogP contribution in [-0.4, -0.2) is 35.4 Å². The SMILES string of the molecule is Cc1ccc(Cl)cc1S(=O)(=O)N1CCC(Cn2ccnc2-c2ccccc2)CC1. The first-order valence-corrected chi connectivity index (χ1v) is 11.6. The molecule has 0 unspecified atom stereocenters. The molecule has 2 heterocycles.